The SMILES string of the molecule is COc1cccc([C@@H]2[C@H](c3ccccc3)CCN2C(=O)C(F)F)c1. The molecule has 2 aromatic carbocycles. The van der Waals surface area contributed by atoms with Crippen LogP contribution in [0.2, 0.25) is 0 Å². The lowest BCUT2D eigenvalue weighted by atomic mass is 9.87. The maximum absolute atomic E-state index is 13.0. The Morgan fingerprint density at radius 1 is 1.12 bits per heavy atom. The topological polar surface area (TPSA) is 29.5 Å². The third kappa shape index (κ3) is 3.11. The van der Waals surface area contributed by atoms with Crippen LogP contribution in [0.4, 0.5) is 8.78 Å². The Bertz CT molecular complexity index is 706. The van der Waals surface area contributed by atoms with Crippen LogP contribution in [0.5, 0.6) is 5.75 Å². The van der Waals surface area contributed by atoms with Gasteiger partial charge in [0.25, 0.3) is 5.91 Å². The van der Waals surface area contributed by atoms with Crippen molar-refractivity contribution in [3.63, 3.8) is 0 Å². The molecule has 3 nitrogen and oxygen atoms in total. The number of amides is 1. The molecule has 0 spiro atoms. The fraction of sp³-hybridized carbons (Fsp3) is 0.316. The quantitative estimate of drug-likeness (QED) is 0.847. The van der Waals surface area contributed by atoms with E-state index in [0.717, 1.165) is 11.1 Å². The molecule has 0 aromatic heterocycles. The molecular weight excluding hydrogens is 312 g/mol. The third-order valence-corrected chi connectivity index (χ3v) is 4.53. The number of hydrogen-bond donors (Lipinski definition) is 0. The second-order valence-corrected chi connectivity index (χ2v) is 5.86. The van der Waals surface area contributed by atoms with Gasteiger partial charge in [-0.3, -0.25) is 4.79 Å². The van der Waals surface area contributed by atoms with Crippen molar-refractivity contribution in [2.24, 2.45) is 0 Å². The lowest BCUT2D eigenvalue weighted by Gasteiger charge is -2.29. The highest BCUT2D eigenvalue weighted by Gasteiger charge is 2.41. The molecule has 1 fully saturated rings. The summed E-state index contributed by atoms with van der Waals surface area (Å²) in [6.07, 6.45) is -2.34. The number of nitrogens with zero attached hydrogens (tertiary/aromatic N) is 1. The van der Waals surface area contributed by atoms with Crippen LogP contribution < -0.4 is 4.74 Å². The molecule has 0 unspecified atom stereocenters. The summed E-state index contributed by atoms with van der Waals surface area (Å²) in [5, 5.41) is 0. The average molecular weight is 331 g/mol. The molecule has 24 heavy (non-hydrogen) atoms. The van der Waals surface area contributed by atoms with Crippen LogP contribution in [0.15, 0.2) is 54.6 Å². The van der Waals surface area contributed by atoms with Crippen LogP contribution in [0.3, 0.4) is 0 Å². The first-order valence-electron chi connectivity index (χ1n) is 7.89. The number of benzene rings is 2. The monoisotopic (exact) mass is 331 g/mol. The fourth-order valence-electron chi connectivity index (χ4n) is 3.45. The number of ether oxygens (including phenoxy) is 1. The van der Waals surface area contributed by atoms with Gasteiger partial charge in [0.15, 0.2) is 0 Å². The van der Waals surface area contributed by atoms with Crippen molar-refractivity contribution in [2.75, 3.05) is 13.7 Å². The molecule has 0 radical (unpaired) electrons. The molecular formula is C19H19F2NO2. The molecule has 0 saturated carbocycles. The summed E-state index contributed by atoms with van der Waals surface area (Å²) in [5.74, 6) is -0.474. The lowest BCUT2D eigenvalue weighted by Crippen LogP contribution is -2.36. The van der Waals surface area contributed by atoms with Gasteiger partial charge in [0.2, 0.25) is 0 Å². The molecule has 1 saturated heterocycles. The Balaban J connectivity index is 2.02. The number of halogens is 2. The number of hydrogen-bond acceptors (Lipinski definition) is 2. The van der Waals surface area contributed by atoms with Crippen LogP contribution in [0.25, 0.3) is 0 Å². The normalized spacial score (nSPS) is 20.4. The standard InChI is InChI=1S/C19H19F2NO2/c1-24-15-9-5-8-14(12-15)17-16(13-6-3-2-4-7-13)10-11-22(17)19(23)18(20)21/h2-9,12,16-18H,10-11H2,1H3/t16-,17+/m0/s1. The van der Waals surface area contributed by atoms with E-state index in [4.69, 9.17) is 4.74 Å². The highest BCUT2D eigenvalue weighted by atomic mass is 19.3. The second kappa shape index (κ2) is 6.99. The molecule has 3 rings (SSSR count). The summed E-state index contributed by atoms with van der Waals surface area (Å²) in [4.78, 5) is 13.3. The zero-order chi connectivity index (χ0) is 17.1. The first kappa shape index (κ1) is 16.4. The van der Waals surface area contributed by atoms with E-state index in [1.165, 1.54) is 4.90 Å². The molecule has 1 aliphatic heterocycles. The van der Waals surface area contributed by atoms with Crippen molar-refractivity contribution in [3.05, 3.63) is 65.7 Å². The summed E-state index contributed by atoms with van der Waals surface area (Å²) in [6.45, 7) is 0.324. The number of alkyl halides is 2. The molecule has 1 heterocycles. The largest absolute Gasteiger partial charge is 0.497 e. The van der Waals surface area contributed by atoms with Crippen molar-refractivity contribution in [3.8, 4) is 5.75 Å². The smallest absolute Gasteiger partial charge is 0.315 e. The minimum absolute atomic E-state index is 0.0130. The number of methoxy groups -OCH3 is 1. The second-order valence-electron chi connectivity index (χ2n) is 5.86. The van der Waals surface area contributed by atoms with Gasteiger partial charge in [0.05, 0.1) is 13.2 Å². The maximum Gasteiger partial charge on any atom is 0.315 e. The van der Waals surface area contributed by atoms with E-state index in [2.05, 4.69) is 0 Å². The van der Waals surface area contributed by atoms with Crippen LogP contribution in [-0.2, 0) is 4.79 Å². The number of rotatable bonds is 4. The molecule has 1 amide bonds. The Hall–Kier alpha value is -2.43. The minimum atomic E-state index is -2.99. The fourth-order valence-corrected chi connectivity index (χ4v) is 3.45. The molecule has 126 valence electrons. The summed E-state index contributed by atoms with van der Waals surface area (Å²) in [7, 11) is 1.56. The molecule has 0 N–H and O–H groups in total. The van der Waals surface area contributed by atoms with E-state index in [9.17, 15) is 13.6 Å². The third-order valence-electron chi connectivity index (χ3n) is 4.53. The van der Waals surface area contributed by atoms with Crippen molar-refractivity contribution < 1.29 is 18.3 Å². The van der Waals surface area contributed by atoms with Gasteiger partial charge in [0.1, 0.15) is 5.75 Å². The van der Waals surface area contributed by atoms with Gasteiger partial charge >= 0.3 is 6.43 Å². The van der Waals surface area contributed by atoms with Crippen molar-refractivity contribution >= 4 is 5.91 Å². The van der Waals surface area contributed by atoms with Crippen LogP contribution >= 0.6 is 0 Å². The predicted octanol–water partition coefficient (Wildman–Crippen LogP) is 4.02. The van der Waals surface area contributed by atoms with E-state index >= 15 is 0 Å². The zero-order valence-corrected chi connectivity index (χ0v) is 13.4. The Kier molecular flexibility index (Phi) is 4.79. The summed E-state index contributed by atoms with van der Waals surface area (Å²) >= 11 is 0. The first-order valence-corrected chi connectivity index (χ1v) is 7.89. The molecule has 2 atom stereocenters. The van der Waals surface area contributed by atoms with Crippen molar-refractivity contribution in [1.29, 1.82) is 0 Å². The predicted molar refractivity (Wildman–Crippen MR) is 87.3 cm³/mol. The minimum Gasteiger partial charge on any atom is -0.497 e. The van der Waals surface area contributed by atoms with E-state index in [1.807, 2.05) is 48.5 Å². The van der Waals surface area contributed by atoms with Crippen molar-refractivity contribution in [2.45, 2.75) is 24.8 Å². The lowest BCUT2D eigenvalue weighted by molar-refractivity contribution is -0.144. The average Bonchev–Trinajstić information content (AvgIpc) is 3.06. The van der Waals surface area contributed by atoms with Crippen molar-refractivity contribution in [1.82, 2.24) is 4.90 Å². The van der Waals surface area contributed by atoms with Gasteiger partial charge in [-0.2, -0.15) is 8.78 Å². The first-order chi connectivity index (χ1) is 11.6. The summed E-state index contributed by atoms with van der Waals surface area (Å²) < 4.78 is 31.3. The van der Waals surface area contributed by atoms with Gasteiger partial charge in [-0.25, -0.2) is 0 Å². The van der Waals surface area contributed by atoms with Gasteiger partial charge in [0, 0.05) is 12.5 Å². The van der Waals surface area contributed by atoms with E-state index in [-0.39, 0.29) is 5.92 Å². The number of carbonyl (C=O) groups is 1. The summed E-state index contributed by atoms with van der Waals surface area (Å²) in [6, 6.07) is 16.6. The molecule has 5 heteroatoms. The van der Waals surface area contributed by atoms with Crippen LogP contribution in [0, 0.1) is 0 Å². The van der Waals surface area contributed by atoms with Gasteiger partial charge in [-0.05, 0) is 29.7 Å². The van der Waals surface area contributed by atoms with Gasteiger partial charge in [-0.15, -0.1) is 0 Å². The molecule has 0 bridgehead atoms. The molecule has 0 aliphatic carbocycles. The highest BCUT2D eigenvalue weighted by Crippen LogP contribution is 2.44. The van der Waals surface area contributed by atoms with E-state index in [0.29, 0.717) is 18.7 Å². The van der Waals surface area contributed by atoms with Gasteiger partial charge < -0.3 is 9.64 Å². The summed E-state index contributed by atoms with van der Waals surface area (Å²) in [5.41, 5.74) is 1.87. The van der Waals surface area contributed by atoms with Crippen LogP contribution in [0.1, 0.15) is 29.5 Å². The highest BCUT2D eigenvalue weighted by molar-refractivity contribution is 5.80. The number of carbonyl (C=O) groups excluding carboxylic acids is 1. The Morgan fingerprint density at radius 2 is 1.83 bits per heavy atom. The number of likely N-dealkylation sites (tertiary alicyclic amines) is 1. The van der Waals surface area contributed by atoms with Gasteiger partial charge in [-0.1, -0.05) is 42.5 Å². The van der Waals surface area contributed by atoms with E-state index in [1.54, 1.807) is 13.2 Å². The Morgan fingerprint density at radius 3 is 2.50 bits per heavy atom. The Labute approximate surface area is 139 Å². The zero-order valence-electron chi connectivity index (χ0n) is 13.4. The van der Waals surface area contributed by atoms with Crippen LogP contribution in [-0.4, -0.2) is 30.9 Å². The molecule has 1 aliphatic rings. The molecule has 2 aromatic rings. The van der Waals surface area contributed by atoms with E-state index < -0.39 is 18.4 Å². The maximum atomic E-state index is 13.0.